The summed E-state index contributed by atoms with van der Waals surface area (Å²) in [5.74, 6) is 0. The molecule has 0 saturated carbocycles. The average Bonchev–Trinajstić information content (AvgIpc) is 2.27. The van der Waals surface area contributed by atoms with E-state index in [1.807, 2.05) is 0 Å². The summed E-state index contributed by atoms with van der Waals surface area (Å²) in [6.07, 6.45) is 2.42. The first-order valence-electron chi connectivity index (χ1n) is 7.47. The van der Waals surface area contributed by atoms with Gasteiger partial charge in [-0.05, 0) is 26.7 Å². The number of hydrogen-bond donors (Lipinski definition) is 1. The van der Waals surface area contributed by atoms with Gasteiger partial charge in [0.1, 0.15) is 0 Å². The van der Waals surface area contributed by atoms with Crippen molar-refractivity contribution in [3.05, 3.63) is 0 Å². The minimum Gasteiger partial charge on any atom is -0.375 e. The van der Waals surface area contributed by atoms with Crippen LogP contribution >= 0.6 is 0 Å². The third-order valence-corrected chi connectivity index (χ3v) is 4.75. The van der Waals surface area contributed by atoms with Crippen LogP contribution in [0.1, 0.15) is 26.7 Å². The van der Waals surface area contributed by atoms with E-state index in [0.29, 0.717) is 0 Å². The lowest BCUT2D eigenvalue weighted by molar-refractivity contribution is -0.105. The van der Waals surface area contributed by atoms with Gasteiger partial charge < -0.3 is 10.1 Å². The number of ether oxygens (including phenoxy) is 1. The molecule has 1 N–H and O–H groups in total. The van der Waals surface area contributed by atoms with E-state index in [-0.39, 0.29) is 5.60 Å². The van der Waals surface area contributed by atoms with Gasteiger partial charge in [0.15, 0.2) is 0 Å². The second-order valence-corrected chi connectivity index (χ2v) is 6.65. The number of piperazine rings is 1. The molecule has 3 fully saturated rings. The Balaban J connectivity index is 1.46. The molecule has 0 aromatic carbocycles. The van der Waals surface area contributed by atoms with Gasteiger partial charge in [0.2, 0.25) is 0 Å². The van der Waals surface area contributed by atoms with Crippen LogP contribution in [0.4, 0.5) is 0 Å². The van der Waals surface area contributed by atoms with Crippen LogP contribution in [0.3, 0.4) is 0 Å². The number of hydrogen-bond acceptors (Lipinski definition) is 4. The van der Waals surface area contributed by atoms with E-state index in [1.165, 1.54) is 52.1 Å². The summed E-state index contributed by atoms with van der Waals surface area (Å²) in [5, 5.41) is 3.43. The smallest absolute Gasteiger partial charge is 0.0641 e. The molecule has 0 radical (unpaired) electrons. The maximum Gasteiger partial charge on any atom is 0.0641 e. The van der Waals surface area contributed by atoms with Gasteiger partial charge in [0.05, 0.1) is 5.60 Å². The van der Waals surface area contributed by atoms with Gasteiger partial charge in [0, 0.05) is 58.0 Å². The molecule has 0 aliphatic carbocycles. The second-order valence-electron chi connectivity index (χ2n) is 6.65. The lowest BCUT2D eigenvalue weighted by atomic mass is 9.90. The zero-order valence-corrected chi connectivity index (χ0v) is 11.8. The number of likely N-dealkylation sites (tertiary alicyclic amines) is 1. The SMILES string of the molecule is CC1(C)CC(N2CC(N3CCNCC3)C2)CCO1. The van der Waals surface area contributed by atoms with E-state index in [4.69, 9.17) is 4.74 Å². The van der Waals surface area contributed by atoms with Gasteiger partial charge in [-0.15, -0.1) is 0 Å². The maximum absolute atomic E-state index is 5.81. The molecule has 0 bridgehead atoms. The van der Waals surface area contributed by atoms with Crippen molar-refractivity contribution >= 4 is 0 Å². The molecule has 3 heterocycles. The first kappa shape index (κ1) is 12.9. The third-order valence-electron chi connectivity index (χ3n) is 4.75. The Labute approximate surface area is 111 Å². The lowest BCUT2D eigenvalue weighted by Gasteiger charge is -2.52. The summed E-state index contributed by atoms with van der Waals surface area (Å²) in [6.45, 7) is 12.8. The molecule has 1 atom stereocenters. The van der Waals surface area contributed by atoms with Gasteiger partial charge in [-0.2, -0.15) is 0 Å². The minimum atomic E-state index is 0.0864. The fourth-order valence-electron chi connectivity index (χ4n) is 3.58. The van der Waals surface area contributed by atoms with Crippen LogP contribution in [0.15, 0.2) is 0 Å². The molecule has 4 nitrogen and oxygen atoms in total. The summed E-state index contributed by atoms with van der Waals surface area (Å²) < 4.78 is 5.81. The first-order valence-corrected chi connectivity index (χ1v) is 7.47. The predicted octanol–water partition coefficient (Wildman–Crippen LogP) is 0.533. The van der Waals surface area contributed by atoms with E-state index in [1.54, 1.807) is 0 Å². The topological polar surface area (TPSA) is 27.7 Å². The number of nitrogens with zero attached hydrogens (tertiary/aromatic N) is 2. The molecule has 0 amide bonds. The molecule has 3 rings (SSSR count). The van der Waals surface area contributed by atoms with Gasteiger partial charge in [0.25, 0.3) is 0 Å². The molecular formula is C14H27N3O. The molecule has 0 aromatic heterocycles. The van der Waals surface area contributed by atoms with Crippen LogP contribution in [0, 0.1) is 0 Å². The van der Waals surface area contributed by atoms with E-state index in [2.05, 4.69) is 29.0 Å². The Morgan fingerprint density at radius 3 is 2.44 bits per heavy atom. The molecule has 1 unspecified atom stereocenters. The Morgan fingerprint density at radius 2 is 1.78 bits per heavy atom. The average molecular weight is 253 g/mol. The van der Waals surface area contributed by atoms with Crippen molar-refractivity contribution in [2.75, 3.05) is 45.9 Å². The summed E-state index contributed by atoms with van der Waals surface area (Å²) in [4.78, 5) is 5.34. The summed E-state index contributed by atoms with van der Waals surface area (Å²) in [5.41, 5.74) is 0.0864. The van der Waals surface area contributed by atoms with Gasteiger partial charge in [-0.25, -0.2) is 0 Å². The normalized spacial score (nSPS) is 35.3. The van der Waals surface area contributed by atoms with Gasteiger partial charge in [-0.3, -0.25) is 9.80 Å². The largest absolute Gasteiger partial charge is 0.375 e. The molecule has 3 saturated heterocycles. The van der Waals surface area contributed by atoms with E-state index < -0.39 is 0 Å². The third kappa shape index (κ3) is 2.72. The second kappa shape index (κ2) is 5.08. The van der Waals surface area contributed by atoms with Crippen LogP contribution in [0.5, 0.6) is 0 Å². The van der Waals surface area contributed by atoms with Crippen molar-refractivity contribution in [3.8, 4) is 0 Å². The molecule has 0 spiro atoms. The van der Waals surface area contributed by atoms with Crippen LogP contribution in [-0.2, 0) is 4.74 Å². The fourth-order valence-corrected chi connectivity index (χ4v) is 3.58. The van der Waals surface area contributed by atoms with Crippen molar-refractivity contribution in [1.82, 2.24) is 15.1 Å². The quantitative estimate of drug-likeness (QED) is 0.777. The highest BCUT2D eigenvalue weighted by atomic mass is 16.5. The highest BCUT2D eigenvalue weighted by molar-refractivity contribution is 4.95. The van der Waals surface area contributed by atoms with E-state index >= 15 is 0 Å². The molecule has 0 aromatic rings. The van der Waals surface area contributed by atoms with Crippen molar-refractivity contribution in [1.29, 1.82) is 0 Å². The van der Waals surface area contributed by atoms with Crippen LogP contribution in [-0.4, -0.2) is 73.4 Å². The van der Waals surface area contributed by atoms with E-state index in [9.17, 15) is 0 Å². The molecule has 3 aliphatic heterocycles. The van der Waals surface area contributed by atoms with Gasteiger partial charge in [-0.1, -0.05) is 0 Å². The fraction of sp³-hybridized carbons (Fsp3) is 1.00. The van der Waals surface area contributed by atoms with Crippen molar-refractivity contribution in [2.45, 2.75) is 44.4 Å². The van der Waals surface area contributed by atoms with Crippen LogP contribution < -0.4 is 5.32 Å². The summed E-state index contributed by atoms with van der Waals surface area (Å²) in [7, 11) is 0. The maximum atomic E-state index is 5.81. The van der Waals surface area contributed by atoms with Gasteiger partial charge >= 0.3 is 0 Å². The highest BCUT2D eigenvalue weighted by Gasteiger charge is 2.39. The Kier molecular flexibility index (Phi) is 3.63. The van der Waals surface area contributed by atoms with E-state index in [0.717, 1.165) is 18.7 Å². The van der Waals surface area contributed by atoms with Crippen molar-refractivity contribution in [2.24, 2.45) is 0 Å². The van der Waals surface area contributed by atoms with Crippen molar-refractivity contribution in [3.63, 3.8) is 0 Å². The molecule has 4 heteroatoms. The zero-order chi connectivity index (χ0) is 12.6. The summed E-state index contributed by atoms with van der Waals surface area (Å²) >= 11 is 0. The first-order chi connectivity index (χ1) is 8.64. The Bertz CT molecular complexity index is 283. The monoisotopic (exact) mass is 253 g/mol. The molecule has 3 aliphatic rings. The molecule has 18 heavy (non-hydrogen) atoms. The lowest BCUT2D eigenvalue weighted by Crippen LogP contribution is -2.65. The number of nitrogens with one attached hydrogen (secondary N) is 1. The Morgan fingerprint density at radius 1 is 1.06 bits per heavy atom. The minimum absolute atomic E-state index is 0.0864. The zero-order valence-electron chi connectivity index (χ0n) is 11.8. The Hall–Kier alpha value is -0.160. The standard InChI is InChI=1S/C14H27N3O/c1-14(2)9-12(3-8-18-14)17-10-13(11-17)16-6-4-15-5-7-16/h12-13,15H,3-11H2,1-2H3. The summed E-state index contributed by atoms with van der Waals surface area (Å²) in [6, 6.07) is 1.57. The van der Waals surface area contributed by atoms with Crippen LogP contribution in [0.2, 0.25) is 0 Å². The van der Waals surface area contributed by atoms with Crippen molar-refractivity contribution < 1.29 is 4.74 Å². The number of rotatable bonds is 2. The predicted molar refractivity (Wildman–Crippen MR) is 72.9 cm³/mol. The highest BCUT2D eigenvalue weighted by Crippen LogP contribution is 2.30. The molecule has 104 valence electrons. The molecular weight excluding hydrogens is 226 g/mol. The van der Waals surface area contributed by atoms with Crippen LogP contribution in [0.25, 0.3) is 0 Å².